The van der Waals surface area contributed by atoms with Crippen LogP contribution >= 0.6 is 0 Å². The molecule has 2 heterocycles. The van der Waals surface area contributed by atoms with Crippen LogP contribution in [0.1, 0.15) is 80.6 Å². The molecule has 196 valence electrons. The largest absolute Gasteiger partial charge is 0.381 e. The first-order valence-electron chi connectivity index (χ1n) is 12.6. The third kappa shape index (κ3) is 8.48. The molecule has 0 aromatic carbocycles. The minimum absolute atomic E-state index is 0.0598. The maximum Gasteiger partial charge on any atom is 0.236 e. The van der Waals surface area contributed by atoms with Crippen LogP contribution < -0.4 is 20.9 Å². The fourth-order valence-corrected chi connectivity index (χ4v) is 5.20. The number of hydrogen-bond donors (Lipinski definition) is 5. The van der Waals surface area contributed by atoms with E-state index in [1.165, 1.54) is 4.90 Å². The molecule has 10 heteroatoms. The standard InChI is InChI=1S/C24H47N7O3/c1-9-10-12-25-20-27-21(29-22(28-20)31(16(2)32)17(3)33)26-13-11-19(34-8)18-14-23(4,5)30-24(6,7)15-18/h16-19,30,32-33H,9-15H2,1-8H3,(H2,25,26,27,28,29). The molecule has 0 amide bonds. The Bertz CT molecular complexity index is 734. The zero-order valence-electron chi connectivity index (χ0n) is 22.4. The highest BCUT2D eigenvalue weighted by molar-refractivity contribution is 5.44. The molecule has 1 aromatic heterocycles. The van der Waals surface area contributed by atoms with Crippen LogP contribution in [0.15, 0.2) is 0 Å². The first-order chi connectivity index (χ1) is 15.9. The lowest BCUT2D eigenvalue weighted by Crippen LogP contribution is -2.59. The highest BCUT2D eigenvalue weighted by Crippen LogP contribution is 2.36. The second-order valence-electron chi connectivity index (χ2n) is 10.8. The van der Waals surface area contributed by atoms with Gasteiger partial charge in [-0.3, -0.25) is 4.90 Å². The summed E-state index contributed by atoms with van der Waals surface area (Å²) in [5.41, 5.74) is 0.120. The number of unbranched alkanes of at least 4 members (excludes halogenated alkanes) is 1. The van der Waals surface area contributed by atoms with E-state index < -0.39 is 12.5 Å². The quantitative estimate of drug-likeness (QED) is 0.212. The molecule has 34 heavy (non-hydrogen) atoms. The number of aliphatic hydroxyl groups is 2. The van der Waals surface area contributed by atoms with Crippen molar-refractivity contribution in [2.75, 3.05) is 35.7 Å². The fourth-order valence-electron chi connectivity index (χ4n) is 5.20. The van der Waals surface area contributed by atoms with Crippen LogP contribution in [0.4, 0.5) is 17.8 Å². The van der Waals surface area contributed by atoms with Gasteiger partial charge in [0.1, 0.15) is 12.5 Å². The molecule has 1 saturated heterocycles. The van der Waals surface area contributed by atoms with Crippen LogP contribution in [-0.4, -0.2) is 75.0 Å². The minimum atomic E-state index is -0.955. The maximum atomic E-state index is 10.1. The van der Waals surface area contributed by atoms with Gasteiger partial charge in [-0.2, -0.15) is 15.0 Å². The van der Waals surface area contributed by atoms with E-state index >= 15 is 0 Å². The topological polar surface area (TPSA) is 128 Å². The Hall–Kier alpha value is -1.75. The first-order valence-corrected chi connectivity index (χ1v) is 12.6. The summed E-state index contributed by atoms with van der Waals surface area (Å²) in [5.74, 6) is 1.47. The van der Waals surface area contributed by atoms with Crippen LogP contribution in [0.25, 0.3) is 0 Å². The Morgan fingerprint density at radius 3 is 2.00 bits per heavy atom. The predicted octanol–water partition coefficient (Wildman–Crippen LogP) is 2.94. The van der Waals surface area contributed by atoms with Gasteiger partial charge in [0.25, 0.3) is 0 Å². The molecule has 0 radical (unpaired) electrons. The summed E-state index contributed by atoms with van der Waals surface area (Å²) in [6.07, 6.45) is 3.14. The van der Waals surface area contributed by atoms with Crippen LogP contribution in [0.3, 0.4) is 0 Å². The van der Waals surface area contributed by atoms with Crippen molar-refractivity contribution in [2.24, 2.45) is 5.92 Å². The van der Waals surface area contributed by atoms with Crippen molar-refractivity contribution in [1.29, 1.82) is 0 Å². The summed E-state index contributed by atoms with van der Waals surface area (Å²) < 4.78 is 5.92. The van der Waals surface area contributed by atoms with Gasteiger partial charge in [0.05, 0.1) is 6.10 Å². The van der Waals surface area contributed by atoms with E-state index in [0.717, 1.165) is 38.6 Å². The average molecular weight is 482 g/mol. The summed E-state index contributed by atoms with van der Waals surface area (Å²) in [5, 5.41) is 30.5. The van der Waals surface area contributed by atoms with Crippen molar-refractivity contribution in [2.45, 2.75) is 110 Å². The van der Waals surface area contributed by atoms with Gasteiger partial charge < -0.3 is 30.9 Å². The summed E-state index contributed by atoms with van der Waals surface area (Å²) in [6, 6.07) is 0. The Labute approximate surface area is 205 Å². The van der Waals surface area contributed by atoms with Gasteiger partial charge in [-0.1, -0.05) is 13.3 Å². The number of rotatable bonds is 13. The summed E-state index contributed by atoms with van der Waals surface area (Å²) in [4.78, 5) is 14.7. The zero-order chi connectivity index (χ0) is 25.5. The van der Waals surface area contributed by atoms with E-state index in [9.17, 15) is 10.2 Å². The van der Waals surface area contributed by atoms with E-state index in [1.54, 1.807) is 21.0 Å². The Morgan fingerprint density at radius 2 is 1.53 bits per heavy atom. The number of nitrogens with zero attached hydrogens (tertiary/aromatic N) is 4. The maximum absolute atomic E-state index is 10.1. The lowest BCUT2D eigenvalue weighted by Gasteiger charge is -2.48. The molecule has 5 N–H and O–H groups in total. The third-order valence-corrected chi connectivity index (χ3v) is 6.24. The summed E-state index contributed by atoms with van der Waals surface area (Å²) in [7, 11) is 1.78. The van der Waals surface area contributed by atoms with Crippen LogP contribution in [0.5, 0.6) is 0 Å². The lowest BCUT2D eigenvalue weighted by atomic mass is 9.73. The van der Waals surface area contributed by atoms with Crippen LogP contribution in [0.2, 0.25) is 0 Å². The molecular weight excluding hydrogens is 434 g/mol. The van der Waals surface area contributed by atoms with Gasteiger partial charge in [0, 0.05) is 31.3 Å². The molecule has 1 fully saturated rings. The molecule has 1 aliphatic heterocycles. The highest BCUT2D eigenvalue weighted by Gasteiger charge is 2.40. The van der Waals surface area contributed by atoms with E-state index in [1.807, 2.05) is 0 Å². The van der Waals surface area contributed by atoms with Crippen LogP contribution in [-0.2, 0) is 4.74 Å². The molecule has 1 aromatic rings. The molecule has 2 rings (SSSR count). The van der Waals surface area contributed by atoms with Crippen molar-refractivity contribution in [3.8, 4) is 0 Å². The summed E-state index contributed by atoms with van der Waals surface area (Å²) in [6.45, 7) is 15.6. The van der Waals surface area contributed by atoms with Crippen molar-refractivity contribution in [3.05, 3.63) is 0 Å². The molecule has 0 spiro atoms. The number of piperidine rings is 1. The highest BCUT2D eigenvalue weighted by atomic mass is 16.5. The number of methoxy groups -OCH3 is 1. The second kappa shape index (κ2) is 12.3. The molecule has 0 bridgehead atoms. The normalized spacial score (nSPS) is 20.4. The van der Waals surface area contributed by atoms with Crippen molar-refractivity contribution in [3.63, 3.8) is 0 Å². The number of nitrogens with one attached hydrogen (secondary N) is 3. The number of aliphatic hydroxyl groups excluding tert-OH is 2. The van der Waals surface area contributed by atoms with E-state index in [2.05, 4.69) is 65.5 Å². The van der Waals surface area contributed by atoms with Gasteiger partial charge in [0.15, 0.2) is 0 Å². The molecule has 3 unspecified atom stereocenters. The van der Waals surface area contributed by atoms with E-state index in [0.29, 0.717) is 24.4 Å². The average Bonchev–Trinajstić information content (AvgIpc) is 2.68. The van der Waals surface area contributed by atoms with E-state index in [4.69, 9.17) is 4.74 Å². The third-order valence-electron chi connectivity index (χ3n) is 6.24. The molecule has 0 aliphatic carbocycles. The van der Waals surface area contributed by atoms with Gasteiger partial charge in [-0.25, -0.2) is 0 Å². The minimum Gasteiger partial charge on any atom is -0.381 e. The number of anilines is 3. The fraction of sp³-hybridized carbons (Fsp3) is 0.875. The molecule has 0 saturated carbocycles. The Balaban J connectivity index is 2.13. The zero-order valence-corrected chi connectivity index (χ0v) is 22.4. The van der Waals surface area contributed by atoms with Gasteiger partial charge in [-0.05, 0) is 73.1 Å². The number of ether oxygens (including phenoxy) is 1. The Kier molecular flexibility index (Phi) is 10.3. The first kappa shape index (κ1) is 28.5. The van der Waals surface area contributed by atoms with Crippen molar-refractivity contribution in [1.82, 2.24) is 20.3 Å². The molecular formula is C24H47N7O3. The van der Waals surface area contributed by atoms with Gasteiger partial charge in [0.2, 0.25) is 17.8 Å². The predicted molar refractivity (Wildman–Crippen MR) is 137 cm³/mol. The van der Waals surface area contributed by atoms with Gasteiger partial charge >= 0.3 is 0 Å². The van der Waals surface area contributed by atoms with Crippen LogP contribution in [0, 0.1) is 5.92 Å². The van der Waals surface area contributed by atoms with Gasteiger partial charge in [-0.15, -0.1) is 0 Å². The second-order valence-corrected chi connectivity index (χ2v) is 10.8. The van der Waals surface area contributed by atoms with E-state index in [-0.39, 0.29) is 23.1 Å². The Morgan fingerprint density at radius 1 is 1.00 bits per heavy atom. The number of hydrogen-bond acceptors (Lipinski definition) is 10. The smallest absolute Gasteiger partial charge is 0.236 e. The SMILES string of the molecule is CCCCNc1nc(NCCC(OC)C2CC(C)(C)NC(C)(C)C2)nc(N(C(C)O)C(C)O)n1. The summed E-state index contributed by atoms with van der Waals surface area (Å²) >= 11 is 0. The lowest BCUT2D eigenvalue weighted by molar-refractivity contribution is -0.00438. The monoisotopic (exact) mass is 481 g/mol. The number of aromatic nitrogens is 3. The molecule has 3 atom stereocenters. The molecule has 10 nitrogen and oxygen atoms in total. The van der Waals surface area contributed by atoms with Crippen molar-refractivity contribution < 1.29 is 14.9 Å². The van der Waals surface area contributed by atoms with Crippen molar-refractivity contribution >= 4 is 17.8 Å². The molecule has 1 aliphatic rings.